The van der Waals surface area contributed by atoms with E-state index in [1.54, 1.807) is 6.92 Å². The van der Waals surface area contributed by atoms with Crippen LogP contribution in [0.15, 0.2) is 15.8 Å². The van der Waals surface area contributed by atoms with Gasteiger partial charge in [0.2, 0.25) is 0 Å². The molecule has 0 radical (unpaired) electrons. The molecule has 0 saturated carbocycles. The van der Waals surface area contributed by atoms with Gasteiger partial charge in [-0.25, -0.2) is 9.59 Å². The molecule has 3 atom stereocenters. The molecule has 0 bridgehead atoms. The van der Waals surface area contributed by atoms with E-state index in [9.17, 15) is 19.5 Å². The molecule has 1 saturated heterocycles. The van der Waals surface area contributed by atoms with Crippen LogP contribution in [0, 0.1) is 6.92 Å². The molecule has 1 aromatic heterocycles. The van der Waals surface area contributed by atoms with Gasteiger partial charge >= 0.3 is 11.8 Å². The number of ether oxygens (including phenoxy) is 3. The summed E-state index contributed by atoms with van der Waals surface area (Å²) in [6, 6.07) is 0. The zero-order valence-electron chi connectivity index (χ0n) is 12.9. The zero-order chi connectivity index (χ0) is 18.8. The molecule has 1 aliphatic rings. The highest BCUT2D eigenvalue weighted by Gasteiger charge is 2.36. The number of carbonyl (C=O) groups is 1. The van der Waals surface area contributed by atoms with E-state index in [4.69, 9.17) is 14.2 Å². The Morgan fingerprint density at radius 1 is 1.44 bits per heavy atom. The number of H-pyrrole nitrogens is 1. The highest BCUT2D eigenvalue weighted by atomic mass is 80.0. The number of aliphatic hydroxyl groups excluding tert-OH is 1. The third-order valence-electron chi connectivity index (χ3n) is 3.38. The number of nitrogens with one attached hydrogen (secondary N) is 1. The van der Waals surface area contributed by atoms with Crippen LogP contribution < -0.4 is 11.2 Å². The lowest BCUT2D eigenvalue weighted by atomic mass is 10.2. The molecule has 140 valence electrons. The van der Waals surface area contributed by atoms with E-state index in [1.807, 2.05) is 0 Å². The molecule has 2 N–H and O–H groups in total. The number of carbonyl (C=O) groups excluding carboxylic acids is 1. The van der Waals surface area contributed by atoms with Gasteiger partial charge in [-0.1, -0.05) is 47.8 Å². The summed E-state index contributed by atoms with van der Waals surface area (Å²) in [7, 11) is 0. The van der Waals surface area contributed by atoms with Gasteiger partial charge in [0, 0.05) is 18.2 Å². The van der Waals surface area contributed by atoms with Crippen molar-refractivity contribution in [3.63, 3.8) is 0 Å². The lowest BCUT2D eigenvalue weighted by Gasteiger charge is -2.17. The molecule has 12 heteroatoms. The fourth-order valence-corrected chi connectivity index (χ4v) is 2.51. The van der Waals surface area contributed by atoms with Crippen molar-refractivity contribution in [3.05, 3.63) is 32.6 Å². The van der Waals surface area contributed by atoms with Crippen LogP contribution in [0.2, 0.25) is 0 Å². The van der Waals surface area contributed by atoms with Crippen molar-refractivity contribution in [3.8, 4) is 0 Å². The molecular weight excluding hydrogens is 536 g/mol. The van der Waals surface area contributed by atoms with Gasteiger partial charge in [0.1, 0.15) is 25.5 Å². The predicted octanol–water partition coefficient (Wildman–Crippen LogP) is 1.49. The maximum Gasteiger partial charge on any atom is 0.508 e. The number of aromatic nitrogens is 2. The predicted molar refractivity (Wildman–Crippen MR) is 97.4 cm³/mol. The first-order valence-corrected chi connectivity index (χ1v) is 9.46. The summed E-state index contributed by atoms with van der Waals surface area (Å²) >= 11 is 9.49. The van der Waals surface area contributed by atoms with Crippen molar-refractivity contribution in [2.75, 3.05) is 13.2 Å². The van der Waals surface area contributed by atoms with E-state index < -0.39 is 38.0 Å². The minimum Gasteiger partial charge on any atom is -0.431 e. The van der Waals surface area contributed by atoms with Crippen LogP contribution in [0.25, 0.3) is 0 Å². The Labute approximate surface area is 167 Å². The van der Waals surface area contributed by atoms with Crippen LogP contribution in [0.1, 0.15) is 18.2 Å². The van der Waals surface area contributed by atoms with Crippen molar-refractivity contribution in [2.45, 2.75) is 33.9 Å². The van der Waals surface area contributed by atoms with E-state index >= 15 is 0 Å². The molecule has 2 rings (SSSR count). The van der Waals surface area contributed by atoms with Crippen LogP contribution in [0.5, 0.6) is 0 Å². The van der Waals surface area contributed by atoms with Gasteiger partial charge in [0.15, 0.2) is 2.14 Å². The largest absolute Gasteiger partial charge is 0.508 e. The van der Waals surface area contributed by atoms with Crippen LogP contribution >= 0.6 is 47.8 Å². The number of alkyl halides is 3. The van der Waals surface area contributed by atoms with E-state index in [2.05, 4.69) is 52.8 Å². The third-order valence-corrected chi connectivity index (χ3v) is 4.07. The Kier molecular flexibility index (Phi) is 6.87. The monoisotopic (exact) mass is 548 g/mol. The zero-order valence-corrected chi connectivity index (χ0v) is 17.7. The number of hydrogen-bond donors (Lipinski definition) is 2. The summed E-state index contributed by atoms with van der Waals surface area (Å²) in [4.78, 5) is 36.9. The Hall–Kier alpha value is -0.690. The second-order valence-electron chi connectivity index (χ2n) is 5.38. The fourth-order valence-electron chi connectivity index (χ4n) is 2.17. The first-order chi connectivity index (χ1) is 11.6. The molecule has 2 heterocycles. The average Bonchev–Trinajstić information content (AvgIpc) is 2.87. The highest BCUT2D eigenvalue weighted by Crippen LogP contribution is 2.33. The van der Waals surface area contributed by atoms with Gasteiger partial charge in [0.25, 0.3) is 5.56 Å². The molecule has 0 amide bonds. The molecule has 0 aliphatic carbocycles. The number of rotatable bonds is 4. The van der Waals surface area contributed by atoms with Crippen molar-refractivity contribution in [1.82, 2.24) is 9.55 Å². The summed E-state index contributed by atoms with van der Waals surface area (Å²) in [5, 5.41) is 10.0. The molecule has 1 fully saturated rings. The van der Waals surface area contributed by atoms with Gasteiger partial charge in [-0.3, -0.25) is 14.3 Å². The lowest BCUT2D eigenvalue weighted by molar-refractivity contribution is -0.0584. The molecular formula is C13H15Br3N2O7. The first kappa shape index (κ1) is 20.6. The van der Waals surface area contributed by atoms with Gasteiger partial charge in [-0.05, 0) is 6.92 Å². The van der Waals surface area contributed by atoms with Gasteiger partial charge in [-0.15, -0.1) is 0 Å². The number of aromatic amines is 1. The van der Waals surface area contributed by atoms with Crippen LogP contribution in [0.3, 0.4) is 0 Å². The number of nitrogens with zero attached hydrogens (tertiary/aromatic N) is 1. The Morgan fingerprint density at radius 2 is 2.12 bits per heavy atom. The molecule has 9 nitrogen and oxygen atoms in total. The minimum absolute atomic E-state index is 0.0470. The smallest absolute Gasteiger partial charge is 0.431 e. The second kappa shape index (κ2) is 8.33. The quantitative estimate of drug-likeness (QED) is 0.430. The number of aryl methyl sites for hydroxylation is 1. The molecule has 1 aliphatic heterocycles. The van der Waals surface area contributed by atoms with Gasteiger partial charge < -0.3 is 19.3 Å². The SMILES string of the molecule is Cc1cn([C@H]2C[C@H](O)[C@@H](COC(=O)OCC(Br)(Br)Br)O2)c(=O)[nH]c1=O. The maximum absolute atomic E-state index is 11.9. The standard InChI is InChI=1S/C13H15Br3N2O7/c1-6-3-18(11(21)17-10(6)20)9-2-7(19)8(25-9)4-23-12(22)24-5-13(14,15)16/h3,7-9,19H,2,4-5H2,1H3,(H,17,20,21)/t7-,8+,9+/m0/s1. The molecule has 0 unspecified atom stereocenters. The van der Waals surface area contributed by atoms with Gasteiger partial charge in [-0.2, -0.15) is 0 Å². The van der Waals surface area contributed by atoms with Crippen molar-refractivity contribution >= 4 is 53.9 Å². The lowest BCUT2D eigenvalue weighted by Crippen LogP contribution is -2.33. The Balaban J connectivity index is 1.93. The van der Waals surface area contributed by atoms with E-state index in [-0.39, 0.29) is 19.6 Å². The van der Waals surface area contributed by atoms with Crippen LogP contribution in [0.4, 0.5) is 4.79 Å². The summed E-state index contributed by atoms with van der Waals surface area (Å²) in [6.45, 7) is 1.26. The molecule has 0 aromatic carbocycles. The van der Waals surface area contributed by atoms with Gasteiger partial charge in [0.05, 0.1) is 6.10 Å². The Bertz CT molecular complexity index is 742. The maximum atomic E-state index is 11.9. The third kappa shape index (κ3) is 5.91. The van der Waals surface area contributed by atoms with Crippen LogP contribution in [-0.2, 0) is 14.2 Å². The minimum atomic E-state index is -0.945. The normalized spacial score (nSPS) is 23.5. The van der Waals surface area contributed by atoms with E-state index in [0.29, 0.717) is 5.56 Å². The Morgan fingerprint density at radius 3 is 2.76 bits per heavy atom. The summed E-state index contributed by atoms with van der Waals surface area (Å²) in [5.41, 5.74) is -0.787. The highest BCUT2D eigenvalue weighted by molar-refractivity contribution is 9.39. The van der Waals surface area contributed by atoms with Crippen LogP contribution in [-0.4, -0.2) is 48.4 Å². The number of halogens is 3. The topological polar surface area (TPSA) is 120 Å². The molecule has 1 aromatic rings. The average molecular weight is 551 g/mol. The molecule has 25 heavy (non-hydrogen) atoms. The summed E-state index contributed by atoms with van der Waals surface area (Å²) in [6.07, 6.45) is -2.00. The fraction of sp³-hybridized carbons (Fsp3) is 0.615. The van der Waals surface area contributed by atoms with Crippen molar-refractivity contribution in [1.29, 1.82) is 0 Å². The second-order valence-corrected chi connectivity index (χ2v) is 12.6. The number of aliphatic hydroxyl groups is 1. The van der Waals surface area contributed by atoms with E-state index in [1.165, 1.54) is 10.8 Å². The first-order valence-electron chi connectivity index (χ1n) is 7.08. The molecule has 0 spiro atoms. The van der Waals surface area contributed by atoms with E-state index in [0.717, 1.165) is 0 Å². The number of hydrogen-bond acceptors (Lipinski definition) is 7. The summed E-state index contributed by atoms with van der Waals surface area (Å²) in [5.74, 6) is 0. The van der Waals surface area contributed by atoms with Crippen molar-refractivity contribution in [2.24, 2.45) is 0 Å². The summed E-state index contributed by atoms with van der Waals surface area (Å²) < 4.78 is 15.7. The van der Waals surface area contributed by atoms with Crippen molar-refractivity contribution < 1.29 is 24.1 Å².